The number of rotatable bonds is 0. The van der Waals surface area contributed by atoms with Crippen LogP contribution in [-0.4, -0.2) is 0 Å². The maximum absolute atomic E-state index is 8.14. The van der Waals surface area contributed by atoms with Crippen molar-refractivity contribution in [2.45, 2.75) is 0 Å². The van der Waals surface area contributed by atoms with Crippen LogP contribution in [-0.2, 0) is 17.1 Å². The van der Waals surface area contributed by atoms with Gasteiger partial charge in [0.1, 0.15) is 0 Å². The summed E-state index contributed by atoms with van der Waals surface area (Å²) in [5, 5.41) is 32.5. The smallest absolute Gasteiger partial charge is 0.369 e. The summed E-state index contributed by atoms with van der Waals surface area (Å²) >= 11 is -3.81. The number of hydrogen-bond donors (Lipinski definition) is 1. The molecule has 0 spiro atoms. The first-order chi connectivity index (χ1) is 4.24. The van der Waals surface area contributed by atoms with E-state index in [2.05, 4.69) is 0 Å². The average Bonchev–Trinajstić information content (AvgIpc) is 1.95. The molecule has 4 N–H and O–H groups in total. The molecule has 0 aliphatic rings. The Balaban J connectivity index is 0. The molecule has 0 unspecified atom stereocenters. The standard InChI is InChI=1S/4CN.Au.H3N/c4*1-2;;/h;;;;;1H3/p+1. The molecule has 0 atom stereocenters. The van der Waals surface area contributed by atoms with Crippen molar-refractivity contribution in [3.63, 3.8) is 0 Å². The summed E-state index contributed by atoms with van der Waals surface area (Å²) in [6.07, 6.45) is 0. The maximum Gasteiger partial charge on any atom is -0.369 e. The fourth-order valence-electron chi connectivity index (χ4n) is 0.0905. The monoisotopic (exact) mass is 319 g/mol. The Labute approximate surface area is 61.8 Å². The molecule has 0 fully saturated rings. The molecule has 0 saturated heterocycles. The van der Waals surface area contributed by atoms with E-state index in [1.807, 2.05) is 0 Å². The topological polar surface area (TPSA) is 132 Å². The van der Waals surface area contributed by atoms with Crippen molar-refractivity contribution in [3.8, 4) is 17.1 Å². The van der Waals surface area contributed by atoms with Crippen LogP contribution in [0.15, 0.2) is 0 Å². The zero-order valence-electron chi connectivity index (χ0n) is 5.09. The third kappa shape index (κ3) is 1.88. The third-order valence-corrected chi connectivity index (χ3v) is 3.31. The van der Waals surface area contributed by atoms with Crippen LogP contribution < -0.4 is 6.15 Å². The van der Waals surface area contributed by atoms with Gasteiger partial charge >= 0.3 is 55.3 Å². The van der Waals surface area contributed by atoms with E-state index >= 15 is 0 Å². The van der Waals surface area contributed by atoms with E-state index < -0.39 is 17.1 Å². The summed E-state index contributed by atoms with van der Waals surface area (Å²) in [4.78, 5) is 0. The summed E-state index contributed by atoms with van der Waals surface area (Å²) in [5.74, 6) is 0. The van der Waals surface area contributed by atoms with Crippen molar-refractivity contribution < 1.29 is 17.1 Å². The number of quaternary nitrogens is 1. The van der Waals surface area contributed by atoms with Crippen LogP contribution in [0.3, 0.4) is 0 Å². The minimum absolute atomic E-state index is 0. The molecule has 0 aromatic carbocycles. The molecule has 0 aromatic heterocycles. The first-order valence-corrected chi connectivity index (χ1v) is 5.83. The van der Waals surface area contributed by atoms with Crippen LogP contribution in [0.2, 0.25) is 0 Å². The molecule has 0 rings (SSSR count). The van der Waals surface area contributed by atoms with Gasteiger partial charge in [0, 0.05) is 0 Å². The molecule has 0 radical (unpaired) electrons. The fraction of sp³-hybridized carbons (Fsp3) is 0. The number of nitrogens with zero attached hydrogens (tertiary/aromatic N) is 4. The first-order valence-electron chi connectivity index (χ1n) is 1.50. The molecular formula is C4H4AuN5+. The Morgan fingerprint density at radius 1 is 0.700 bits per heavy atom. The van der Waals surface area contributed by atoms with E-state index in [1.54, 1.807) is 0 Å². The third-order valence-electron chi connectivity index (χ3n) is 0.405. The number of hydrogen-bond acceptors (Lipinski definition) is 4. The van der Waals surface area contributed by atoms with Crippen LogP contribution in [0.5, 0.6) is 0 Å². The summed E-state index contributed by atoms with van der Waals surface area (Å²) in [6.45, 7) is 0. The zero-order chi connectivity index (χ0) is 7.33. The van der Waals surface area contributed by atoms with Gasteiger partial charge in [-0.2, -0.15) is 0 Å². The van der Waals surface area contributed by atoms with Gasteiger partial charge in [-0.15, -0.1) is 0 Å². The molecule has 6 heteroatoms. The second-order valence-corrected chi connectivity index (χ2v) is 5.91. The van der Waals surface area contributed by atoms with Crippen molar-refractivity contribution in [2.75, 3.05) is 0 Å². The molecule has 5 nitrogen and oxygen atoms in total. The molecule has 0 aliphatic heterocycles. The molecular weight excluding hydrogens is 315 g/mol. The predicted molar refractivity (Wildman–Crippen MR) is 28.4 cm³/mol. The van der Waals surface area contributed by atoms with Crippen molar-refractivity contribution in [2.24, 2.45) is 0 Å². The minimum atomic E-state index is -3.81. The minimum Gasteiger partial charge on any atom is -0.369 e. The van der Waals surface area contributed by atoms with Crippen LogP contribution in [0.4, 0.5) is 0 Å². The molecule has 0 heterocycles. The Bertz CT molecular complexity index is 206. The molecule has 55 valence electrons. The van der Waals surface area contributed by atoms with Crippen molar-refractivity contribution in [1.29, 1.82) is 21.0 Å². The number of nitriles is 4. The SMILES string of the molecule is N#[C][Au]([C]#N)([C]#N)[C]#N.[NH4+]. The van der Waals surface area contributed by atoms with Crippen molar-refractivity contribution >= 4 is 0 Å². The Kier molecular flexibility index (Phi) is 5.19. The van der Waals surface area contributed by atoms with E-state index in [4.69, 9.17) is 21.0 Å². The van der Waals surface area contributed by atoms with Gasteiger partial charge < -0.3 is 6.15 Å². The van der Waals surface area contributed by atoms with Crippen LogP contribution in [0.25, 0.3) is 0 Å². The fourth-order valence-corrected chi connectivity index (χ4v) is 0.740. The summed E-state index contributed by atoms with van der Waals surface area (Å²) in [5.41, 5.74) is 0. The second-order valence-electron chi connectivity index (χ2n) is 0.722. The van der Waals surface area contributed by atoms with Gasteiger partial charge in [0.2, 0.25) is 0 Å². The second kappa shape index (κ2) is 4.53. The zero-order valence-corrected chi connectivity index (χ0v) is 7.26. The summed E-state index contributed by atoms with van der Waals surface area (Å²) in [6, 6.07) is 0. The quantitative estimate of drug-likeness (QED) is 0.649. The first kappa shape index (κ1) is 11.5. The average molecular weight is 319 g/mol. The Morgan fingerprint density at radius 2 is 0.900 bits per heavy atom. The Morgan fingerprint density at radius 3 is 0.900 bits per heavy atom. The van der Waals surface area contributed by atoms with Gasteiger partial charge in [0.25, 0.3) is 0 Å². The largest absolute Gasteiger partial charge is 0.369 e. The van der Waals surface area contributed by atoms with Gasteiger partial charge in [-0.1, -0.05) is 0 Å². The molecule has 0 aromatic rings. The summed E-state index contributed by atoms with van der Waals surface area (Å²) in [7, 11) is 0. The normalized spacial score (nSPS) is 8.40. The van der Waals surface area contributed by atoms with Gasteiger partial charge in [0.05, 0.1) is 0 Å². The van der Waals surface area contributed by atoms with Gasteiger partial charge in [-0.3, -0.25) is 0 Å². The van der Waals surface area contributed by atoms with E-state index in [0.29, 0.717) is 0 Å². The molecule has 10 heavy (non-hydrogen) atoms. The summed E-state index contributed by atoms with van der Waals surface area (Å²) < 4.78 is 5.82. The van der Waals surface area contributed by atoms with E-state index in [9.17, 15) is 0 Å². The van der Waals surface area contributed by atoms with Crippen molar-refractivity contribution in [1.82, 2.24) is 6.15 Å². The Hall–Kier alpha value is -1.34. The van der Waals surface area contributed by atoms with E-state index in [1.165, 1.54) is 17.1 Å². The van der Waals surface area contributed by atoms with Crippen LogP contribution in [0.1, 0.15) is 0 Å². The molecule has 0 bridgehead atoms. The van der Waals surface area contributed by atoms with E-state index in [0.717, 1.165) is 0 Å². The van der Waals surface area contributed by atoms with Gasteiger partial charge in [0.15, 0.2) is 0 Å². The van der Waals surface area contributed by atoms with E-state index in [-0.39, 0.29) is 6.15 Å². The van der Waals surface area contributed by atoms with Gasteiger partial charge in [-0.25, -0.2) is 0 Å². The van der Waals surface area contributed by atoms with Crippen LogP contribution >= 0.6 is 0 Å². The van der Waals surface area contributed by atoms with Gasteiger partial charge in [-0.05, 0) is 0 Å². The molecule has 0 saturated carbocycles. The van der Waals surface area contributed by atoms with Crippen molar-refractivity contribution in [3.05, 3.63) is 0 Å². The maximum atomic E-state index is 8.14. The predicted octanol–water partition coefficient (Wildman–Crippen LogP) is 0.441. The molecule has 0 aliphatic carbocycles. The van der Waals surface area contributed by atoms with Crippen LogP contribution in [0, 0.1) is 38.2 Å². The molecule has 0 amide bonds.